The summed E-state index contributed by atoms with van der Waals surface area (Å²) < 4.78 is 0. The van der Waals surface area contributed by atoms with E-state index in [4.69, 9.17) is 5.11 Å². The van der Waals surface area contributed by atoms with Crippen molar-refractivity contribution in [2.24, 2.45) is 5.92 Å². The number of amides is 2. The van der Waals surface area contributed by atoms with Crippen LogP contribution < -0.4 is 5.32 Å². The monoisotopic (exact) mass is 288 g/mol. The van der Waals surface area contributed by atoms with Crippen molar-refractivity contribution < 1.29 is 19.5 Å². The number of rotatable bonds is 2. The third kappa shape index (κ3) is 2.61. The third-order valence-corrected chi connectivity index (χ3v) is 4.07. The summed E-state index contributed by atoms with van der Waals surface area (Å²) in [6.07, 6.45) is 1.55. The molecule has 21 heavy (non-hydrogen) atoms. The number of nitrogens with zero attached hydrogens (tertiary/aromatic N) is 1. The Labute approximate surface area is 121 Å². The van der Waals surface area contributed by atoms with Gasteiger partial charge in [-0.05, 0) is 36.6 Å². The normalized spacial score (nSPS) is 20.9. The summed E-state index contributed by atoms with van der Waals surface area (Å²) >= 11 is 0. The van der Waals surface area contributed by atoms with Crippen LogP contribution in [0.1, 0.15) is 28.8 Å². The van der Waals surface area contributed by atoms with E-state index in [0.717, 1.165) is 11.3 Å². The number of aryl methyl sites for hydroxylation is 1. The van der Waals surface area contributed by atoms with Crippen molar-refractivity contribution in [2.75, 3.05) is 18.4 Å². The maximum absolute atomic E-state index is 12.4. The Hall–Kier alpha value is -2.37. The van der Waals surface area contributed by atoms with Crippen LogP contribution in [0.15, 0.2) is 18.2 Å². The molecule has 1 aromatic rings. The van der Waals surface area contributed by atoms with Gasteiger partial charge < -0.3 is 15.3 Å². The Bertz CT molecular complexity index is 626. The summed E-state index contributed by atoms with van der Waals surface area (Å²) in [6, 6.07) is 5.22. The van der Waals surface area contributed by atoms with Crippen molar-refractivity contribution in [1.82, 2.24) is 4.90 Å². The minimum Gasteiger partial charge on any atom is -0.481 e. The van der Waals surface area contributed by atoms with Crippen LogP contribution in [0.3, 0.4) is 0 Å². The molecular formula is C15H16N2O4. The molecule has 1 unspecified atom stereocenters. The summed E-state index contributed by atoms with van der Waals surface area (Å²) in [5.41, 5.74) is 2.26. The molecule has 3 rings (SSSR count). The lowest BCUT2D eigenvalue weighted by molar-refractivity contribution is -0.141. The second-order valence-electron chi connectivity index (χ2n) is 5.50. The molecule has 110 valence electrons. The van der Waals surface area contributed by atoms with Crippen molar-refractivity contribution >= 4 is 23.5 Å². The summed E-state index contributed by atoms with van der Waals surface area (Å²) in [7, 11) is 0. The number of fused-ring (bicyclic) bond motifs is 1. The van der Waals surface area contributed by atoms with Crippen LogP contribution in [-0.2, 0) is 16.0 Å². The highest BCUT2D eigenvalue weighted by Gasteiger charge is 2.31. The number of hydrogen-bond donors (Lipinski definition) is 2. The first-order valence-electron chi connectivity index (χ1n) is 6.99. The highest BCUT2D eigenvalue weighted by atomic mass is 16.4. The number of carboxylic acid groups (broad SMARTS) is 1. The van der Waals surface area contributed by atoms with Gasteiger partial charge in [0.05, 0.1) is 5.92 Å². The zero-order chi connectivity index (χ0) is 15.0. The van der Waals surface area contributed by atoms with E-state index in [0.29, 0.717) is 31.4 Å². The van der Waals surface area contributed by atoms with E-state index in [-0.39, 0.29) is 18.4 Å². The van der Waals surface area contributed by atoms with Gasteiger partial charge in [0.2, 0.25) is 5.91 Å². The number of carboxylic acids is 1. The minimum absolute atomic E-state index is 0.00887. The molecule has 0 saturated carbocycles. The van der Waals surface area contributed by atoms with Crippen LogP contribution in [-0.4, -0.2) is 40.9 Å². The fraction of sp³-hybridized carbons (Fsp3) is 0.400. The van der Waals surface area contributed by atoms with Gasteiger partial charge in [0.25, 0.3) is 5.91 Å². The van der Waals surface area contributed by atoms with E-state index in [1.807, 2.05) is 0 Å². The van der Waals surface area contributed by atoms with Gasteiger partial charge in [0, 0.05) is 30.8 Å². The summed E-state index contributed by atoms with van der Waals surface area (Å²) in [5.74, 6) is -1.46. The molecule has 1 atom stereocenters. The standard InChI is InChI=1S/C15H16N2O4/c18-13-4-2-9-7-10(1-3-12(9)16-13)14(19)17-6-5-11(8-17)15(20)21/h1,3,7,11H,2,4-6,8H2,(H,16,18)(H,20,21). The van der Waals surface area contributed by atoms with Crippen molar-refractivity contribution in [3.8, 4) is 0 Å². The molecule has 0 aromatic heterocycles. The molecule has 1 fully saturated rings. The Balaban J connectivity index is 1.77. The molecule has 0 bridgehead atoms. The highest BCUT2D eigenvalue weighted by Crippen LogP contribution is 2.25. The zero-order valence-electron chi connectivity index (χ0n) is 11.5. The van der Waals surface area contributed by atoms with Crippen LogP contribution in [0, 0.1) is 5.92 Å². The number of nitrogens with one attached hydrogen (secondary N) is 1. The van der Waals surface area contributed by atoms with Gasteiger partial charge in [-0.1, -0.05) is 0 Å². The van der Waals surface area contributed by atoms with Crippen molar-refractivity contribution in [2.45, 2.75) is 19.3 Å². The van der Waals surface area contributed by atoms with Crippen molar-refractivity contribution in [1.29, 1.82) is 0 Å². The van der Waals surface area contributed by atoms with E-state index in [9.17, 15) is 14.4 Å². The van der Waals surface area contributed by atoms with Crippen LogP contribution >= 0.6 is 0 Å². The van der Waals surface area contributed by atoms with E-state index < -0.39 is 11.9 Å². The molecule has 6 heteroatoms. The second kappa shape index (κ2) is 5.20. The van der Waals surface area contributed by atoms with Crippen LogP contribution in [0.25, 0.3) is 0 Å². The lowest BCUT2D eigenvalue weighted by Gasteiger charge is -2.20. The Morgan fingerprint density at radius 1 is 1.29 bits per heavy atom. The van der Waals surface area contributed by atoms with Crippen LogP contribution in [0.2, 0.25) is 0 Å². The molecule has 2 aliphatic rings. The third-order valence-electron chi connectivity index (χ3n) is 4.07. The molecule has 2 aliphatic heterocycles. The molecular weight excluding hydrogens is 272 g/mol. The number of carbonyl (C=O) groups excluding carboxylic acids is 2. The van der Waals surface area contributed by atoms with Crippen molar-refractivity contribution in [3.05, 3.63) is 29.3 Å². The Morgan fingerprint density at radius 3 is 2.81 bits per heavy atom. The Kier molecular flexibility index (Phi) is 3.37. The molecule has 1 aromatic carbocycles. The lowest BCUT2D eigenvalue weighted by Crippen LogP contribution is -2.30. The first-order valence-corrected chi connectivity index (χ1v) is 6.99. The first kappa shape index (κ1) is 13.6. The second-order valence-corrected chi connectivity index (χ2v) is 5.50. The largest absolute Gasteiger partial charge is 0.481 e. The maximum atomic E-state index is 12.4. The SMILES string of the molecule is O=C1CCc2cc(C(=O)N3CCC(C(=O)O)C3)ccc2N1. The van der Waals surface area contributed by atoms with Gasteiger partial charge in [0.1, 0.15) is 0 Å². The highest BCUT2D eigenvalue weighted by molar-refractivity contribution is 5.98. The van der Waals surface area contributed by atoms with E-state index >= 15 is 0 Å². The molecule has 6 nitrogen and oxygen atoms in total. The number of likely N-dealkylation sites (tertiary alicyclic amines) is 1. The average Bonchev–Trinajstić information content (AvgIpc) is 2.96. The van der Waals surface area contributed by atoms with Crippen molar-refractivity contribution in [3.63, 3.8) is 0 Å². The fourth-order valence-corrected chi connectivity index (χ4v) is 2.85. The van der Waals surface area contributed by atoms with Gasteiger partial charge in [-0.15, -0.1) is 0 Å². The predicted octanol–water partition coefficient (Wildman–Crippen LogP) is 1.12. The molecule has 1 saturated heterocycles. The van der Waals surface area contributed by atoms with E-state index in [2.05, 4.69) is 5.32 Å². The molecule has 0 spiro atoms. The number of benzene rings is 1. The van der Waals surface area contributed by atoms with Crippen LogP contribution in [0.5, 0.6) is 0 Å². The first-order chi connectivity index (χ1) is 10.0. The van der Waals surface area contributed by atoms with Gasteiger partial charge in [-0.2, -0.15) is 0 Å². The van der Waals surface area contributed by atoms with Gasteiger partial charge in [-0.25, -0.2) is 0 Å². The topological polar surface area (TPSA) is 86.7 Å². The molecule has 2 heterocycles. The fourth-order valence-electron chi connectivity index (χ4n) is 2.85. The quantitative estimate of drug-likeness (QED) is 0.853. The molecule has 2 N–H and O–H groups in total. The van der Waals surface area contributed by atoms with Gasteiger partial charge in [0.15, 0.2) is 0 Å². The lowest BCUT2D eigenvalue weighted by atomic mass is 10.00. The summed E-state index contributed by atoms with van der Waals surface area (Å²) in [5, 5.41) is 11.8. The summed E-state index contributed by atoms with van der Waals surface area (Å²) in [4.78, 5) is 36.3. The maximum Gasteiger partial charge on any atom is 0.308 e. The van der Waals surface area contributed by atoms with E-state index in [1.54, 1.807) is 23.1 Å². The molecule has 2 amide bonds. The predicted molar refractivity (Wildman–Crippen MR) is 75.0 cm³/mol. The molecule has 0 radical (unpaired) electrons. The molecule has 0 aliphatic carbocycles. The summed E-state index contributed by atoms with van der Waals surface area (Å²) in [6.45, 7) is 0.742. The zero-order valence-corrected chi connectivity index (χ0v) is 11.5. The van der Waals surface area contributed by atoms with Gasteiger partial charge >= 0.3 is 5.97 Å². The number of hydrogen-bond acceptors (Lipinski definition) is 3. The number of carbonyl (C=O) groups is 3. The number of aliphatic carboxylic acids is 1. The Morgan fingerprint density at radius 2 is 2.10 bits per heavy atom. The van der Waals surface area contributed by atoms with Crippen LogP contribution in [0.4, 0.5) is 5.69 Å². The average molecular weight is 288 g/mol. The number of anilines is 1. The smallest absolute Gasteiger partial charge is 0.308 e. The van der Waals surface area contributed by atoms with Gasteiger partial charge in [-0.3, -0.25) is 14.4 Å². The van der Waals surface area contributed by atoms with E-state index in [1.165, 1.54) is 0 Å². The minimum atomic E-state index is -0.849.